The van der Waals surface area contributed by atoms with Gasteiger partial charge in [-0.1, -0.05) is 58.3 Å². The first-order chi connectivity index (χ1) is 10.7. The topological polar surface area (TPSA) is 55.4 Å². The number of esters is 1. The molecule has 0 aromatic heterocycles. The van der Waals surface area contributed by atoms with Gasteiger partial charge in [-0.05, 0) is 19.3 Å². The third-order valence-electron chi connectivity index (χ3n) is 4.37. The Balaban J connectivity index is 1.93. The number of hydrogen-bond acceptors (Lipinski definition) is 3. The van der Waals surface area contributed by atoms with Crippen molar-refractivity contribution in [3.05, 3.63) is 0 Å². The van der Waals surface area contributed by atoms with E-state index >= 15 is 0 Å². The Morgan fingerprint density at radius 3 is 2.41 bits per heavy atom. The SMILES string of the molecule is CCCCCCCCOC(=O)CCNC(=O)C1CCCCC1. The van der Waals surface area contributed by atoms with Gasteiger partial charge < -0.3 is 10.1 Å². The first kappa shape index (κ1) is 19.0. The summed E-state index contributed by atoms with van der Waals surface area (Å²) in [4.78, 5) is 23.5. The molecule has 1 aliphatic carbocycles. The number of hydrogen-bond donors (Lipinski definition) is 1. The van der Waals surface area contributed by atoms with Crippen molar-refractivity contribution in [3.63, 3.8) is 0 Å². The lowest BCUT2D eigenvalue weighted by Gasteiger charge is -2.20. The minimum atomic E-state index is -0.197. The fourth-order valence-electron chi connectivity index (χ4n) is 2.94. The summed E-state index contributed by atoms with van der Waals surface area (Å²) in [7, 11) is 0. The van der Waals surface area contributed by atoms with Crippen molar-refractivity contribution in [1.29, 1.82) is 0 Å². The van der Waals surface area contributed by atoms with Gasteiger partial charge >= 0.3 is 5.97 Å². The monoisotopic (exact) mass is 311 g/mol. The Morgan fingerprint density at radius 2 is 1.68 bits per heavy atom. The summed E-state index contributed by atoms with van der Waals surface area (Å²) in [5.41, 5.74) is 0. The predicted molar refractivity (Wildman–Crippen MR) is 88.5 cm³/mol. The van der Waals surface area contributed by atoms with E-state index in [1.807, 2.05) is 0 Å². The molecule has 0 heterocycles. The third-order valence-corrected chi connectivity index (χ3v) is 4.37. The summed E-state index contributed by atoms with van der Waals surface area (Å²) in [6.07, 6.45) is 12.9. The summed E-state index contributed by atoms with van der Waals surface area (Å²) in [6.45, 7) is 3.13. The molecule has 1 amide bonds. The van der Waals surface area contributed by atoms with Crippen LogP contribution in [-0.4, -0.2) is 25.0 Å². The van der Waals surface area contributed by atoms with Crippen LogP contribution in [0.4, 0.5) is 0 Å². The molecule has 0 aliphatic heterocycles. The van der Waals surface area contributed by atoms with E-state index in [0.29, 0.717) is 13.2 Å². The molecular weight excluding hydrogens is 278 g/mol. The fraction of sp³-hybridized carbons (Fsp3) is 0.889. The van der Waals surface area contributed by atoms with Crippen LogP contribution in [0.1, 0.15) is 84.0 Å². The van der Waals surface area contributed by atoms with Gasteiger partial charge in [-0.3, -0.25) is 9.59 Å². The van der Waals surface area contributed by atoms with E-state index in [4.69, 9.17) is 4.74 Å². The summed E-state index contributed by atoms with van der Waals surface area (Å²) < 4.78 is 5.19. The smallest absolute Gasteiger partial charge is 0.307 e. The predicted octanol–water partition coefficient (Wildman–Crippen LogP) is 3.98. The third kappa shape index (κ3) is 9.06. The van der Waals surface area contributed by atoms with E-state index in [9.17, 15) is 9.59 Å². The molecule has 128 valence electrons. The lowest BCUT2D eigenvalue weighted by Crippen LogP contribution is -2.33. The van der Waals surface area contributed by atoms with Crippen LogP contribution in [0.2, 0.25) is 0 Å². The highest BCUT2D eigenvalue weighted by atomic mass is 16.5. The molecule has 0 radical (unpaired) electrons. The van der Waals surface area contributed by atoms with Crippen LogP contribution in [-0.2, 0) is 14.3 Å². The second kappa shape index (κ2) is 12.5. The number of rotatable bonds is 11. The van der Waals surface area contributed by atoms with Crippen LogP contribution in [0.25, 0.3) is 0 Å². The van der Waals surface area contributed by atoms with Gasteiger partial charge in [-0.15, -0.1) is 0 Å². The molecule has 22 heavy (non-hydrogen) atoms. The standard InChI is InChI=1S/C18H33NO3/c1-2-3-4-5-6-10-15-22-17(20)13-14-19-18(21)16-11-8-7-9-12-16/h16H,2-15H2,1H3,(H,19,21). The maximum Gasteiger partial charge on any atom is 0.307 e. The molecule has 0 atom stereocenters. The lowest BCUT2D eigenvalue weighted by molar-refractivity contribution is -0.143. The minimum Gasteiger partial charge on any atom is -0.466 e. The highest BCUT2D eigenvalue weighted by Gasteiger charge is 2.20. The highest BCUT2D eigenvalue weighted by molar-refractivity contribution is 5.79. The van der Waals surface area contributed by atoms with Gasteiger partial charge in [-0.2, -0.15) is 0 Å². The van der Waals surface area contributed by atoms with Crippen LogP contribution in [0.3, 0.4) is 0 Å². The second-order valence-electron chi connectivity index (χ2n) is 6.36. The van der Waals surface area contributed by atoms with Crippen LogP contribution in [0.15, 0.2) is 0 Å². The molecule has 1 fully saturated rings. The van der Waals surface area contributed by atoms with Gasteiger partial charge in [0.2, 0.25) is 5.91 Å². The molecule has 1 aliphatic rings. The lowest BCUT2D eigenvalue weighted by atomic mass is 9.89. The van der Waals surface area contributed by atoms with Gasteiger partial charge in [0.1, 0.15) is 0 Å². The summed E-state index contributed by atoms with van der Waals surface area (Å²) >= 11 is 0. The molecular formula is C18H33NO3. The van der Waals surface area contributed by atoms with Gasteiger partial charge in [0.25, 0.3) is 0 Å². The van der Waals surface area contributed by atoms with E-state index in [-0.39, 0.29) is 24.2 Å². The van der Waals surface area contributed by atoms with Crippen molar-refractivity contribution in [2.24, 2.45) is 5.92 Å². The molecule has 4 nitrogen and oxygen atoms in total. The largest absolute Gasteiger partial charge is 0.466 e. The Morgan fingerprint density at radius 1 is 1.00 bits per heavy atom. The Labute approximate surface area is 135 Å². The van der Waals surface area contributed by atoms with Crippen molar-refractivity contribution in [2.75, 3.05) is 13.2 Å². The highest BCUT2D eigenvalue weighted by Crippen LogP contribution is 2.23. The molecule has 1 saturated carbocycles. The van der Waals surface area contributed by atoms with Crippen molar-refractivity contribution < 1.29 is 14.3 Å². The van der Waals surface area contributed by atoms with Crippen LogP contribution in [0.5, 0.6) is 0 Å². The molecule has 1 rings (SSSR count). The Bertz CT molecular complexity index is 311. The van der Waals surface area contributed by atoms with Crippen LogP contribution in [0, 0.1) is 5.92 Å². The van der Waals surface area contributed by atoms with Crippen molar-refractivity contribution >= 4 is 11.9 Å². The van der Waals surface area contributed by atoms with E-state index in [1.165, 1.54) is 32.1 Å². The van der Waals surface area contributed by atoms with Crippen LogP contribution >= 0.6 is 0 Å². The number of unbranched alkanes of at least 4 members (excludes halogenated alkanes) is 5. The zero-order valence-corrected chi connectivity index (χ0v) is 14.2. The average Bonchev–Trinajstić information content (AvgIpc) is 2.54. The number of carbonyl (C=O) groups excluding carboxylic acids is 2. The van der Waals surface area contributed by atoms with Crippen molar-refractivity contribution in [2.45, 2.75) is 84.0 Å². The molecule has 0 spiro atoms. The van der Waals surface area contributed by atoms with Gasteiger partial charge in [0, 0.05) is 12.5 Å². The van der Waals surface area contributed by atoms with E-state index in [2.05, 4.69) is 12.2 Å². The Hall–Kier alpha value is -1.06. The molecule has 0 unspecified atom stereocenters. The maximum absolute atomic E-state index is 11.9. The average molecular weight is 311 g/mol. The van der Waals surface area contributed by atoms with Crippen molar-refractivity contribution in [1.82, 2.24) is 5.32 Å². The van der Waals surface area contributed by atoms with Crippen molar-refractivity contribution in [3.8, 4) is 0 Å². The normalized spacial score (nSPS) is 15.5. The zero-order chi connectivity index (χ0) is 16.0. The van der Waals surface area contributed by atoms with E-state index in [0.717, 1.165) is 38.5 Å². The van der Waals surface area contributed by atoms with Gasteiger partial charge in [0.05, 0.1) is 13.0 Å². The fourth-order valence-corrected chi connectivity index (χ4v) is 2.94. The number of amides is 1. The molecule has 1 N–H and O–H groups in total. The quantitative estimate of drug-likeness (QED) is 0.464. The summed E-state index contributed by atoms with van der Waals surface area (Å²) in [5, 5.41) is 2.87. The summed E-state index contributed by atoms with van der Waals surface area (Å²) in [6, 6.07) is 0. The summed E-state index contributed by atoms with van der Waals surface area (Å²) in [5.74, 6) is 0.0776. The number of nitrogens with one attached hydrogen (secondary N) is 1. The number of ether oxygens (including phenoxy) is 1. The zero-order valence-electron chi connectivity index (χ0n) is 14.2. The van der Waals surface area contributed by atoms with E-state index < -0.39 is 0 Å². The van der Waals surface area contributed by atoms with Gasteiger partial charge in [-0.25, -0.2) is 0 Å². The number of carbonyl (C=O) groups is 2. The molecule has 0 aromatic rings. The molecule has 0 aromatic carbocycles. The minimum absolute atomic E-state index is 0.114. The molecule has 0 bridgehead atoms. The maximum atomic E-state index is 11.9. The second-order valence-corrected chi connectivity index (χ2v) is 6.36. The first-order valence-corrected chi connectivity index (χ1v) is 9.17. The first-order valence-electron chi connectivity index (χ1n) is 9.17. The Kier molecular flexibility index (Phi) is 10.8. The van der Waals surface area contributed by atoms with Gasteiger partial charge in [0.15, 0.2) is 0 Å². The molecule has 0 saturated heterocycles. The molecule has 4 heteroatoms. The van der Waals surface area contributed by atoms with Crippen LogP contribution < -0.4 is 5.32 Å². The van der Waals surface area contributed by atoms with E-state index in [1.54, 1.807) is 0 Å².